The largest absolute Gasteiger partial charge is 0.491 e. The molecule has 0 saturated carbocycles. The Labute approximate surface area is 140 Å². The highest BCUT2D eigenvalue weighted by Crippen LogP contribution is 2.20. The number of halogens is 2. The molecule has 1 atom stereocenters. The highest BCUT2D eigenvalue weighted by Gasteiger charge is 2.13. The number of rotatable bonds is 6. The Morgan fingerprint density at radius 1 is 1.28 bits per heavy atom. The fourth-order valence-corrected chi connectivity index (χ4v) is 2.36. The van der Waals surface area contributed by atoms with Crippen LogP contribution in [0.2, 0.25) is 0 Å². The summed E-state index contributed by atoms with van der Waals surface area (Å²) in [6, 6.07) is 7.57. The van der Waals surface area contributed by atoms with Gasteiger partial charge in [-0.05, 0) is 6.07 Å². The topological polar surface area (TPSA) is 90.4 Å². The van der Waals surface area contributed by atoms with Gasteiger partial charge in [0.1, 0.15) is 18.5 Å². The lowest BCUT2D eigenvalue weighted by Crippen LogP contribution is -2.23. The van der Waals surface area contributed by atoms with Crippen molar-refractivity contribution in [2.24, 2.45) is 0 Å². The fraction of sp³-hybridized carbons (Fsp3) is 0.188. The van der Waals surface area contributed by atoms with Crippen molar-refractivity contribution in [2.45, 2.75) is 12.6 Å². The van der Waals surface area contributed by atoms with Gasteiger partial charge in [0.15, 0.2) is 11.6 Å². The lowest BCUT2D eigenvalue weighted by molar-refractivity contribution is -0.384. The Morgan fingerprint density at radius 3 is 2.80 bits per heavy atom. The third kappa shape index (κ3) is 3.72. The molecule has 0 fully saturated rings. The van der Waals surface area contributed by atoms with Crippen LogP contribution in [0.4, 0.5) is 14.5 Å². The van der Waals surface area contributed by atoms with Crippen molar-refractivity contribution in [3.05, 3.63) is 64.5 Å². The van der Waals surface area contributed by atoms with Crippen LogP contribution in [-0.4, -0.2) is 32.3 Å². The first kappa shape index (κ1) is 16.8. The summed E-state index contributed by atoms with van der Waals surface area (Å²) in [5.41, 5.74) is 0.490. The molecule has 2 aromatic carbocycles. The van der Waals surface area contributed by atoms with Crippen LogP contribution in [-0.2, 0) is 6.54 Å². The first-order valence-electron chi connectivity index (χ1n) is 7.29. The first-order valence-corrected chi connectivity index (χ1v) is 7.29. The molecule has 0 aliphatic heterocycles. The Hall–Kier alpha value is -3.07. The first-order chi connectivity index (χ1) is 11.9. The molecule has 130 valence electrons. The van der Waals surface area contributed by atoms with E-state index in [0.717, 1.165) is 12.1 Å². The summed E-state index contributed by atoms with van der Waals surface area (Å²) in [5, 5.41) is 20.8. The number of imidazole rings is 1. The molecule has 3 aromatic rings. The summed E-state index contributed by atoms with van der Waals surface area (Å²) in [6.45, 7) is -0.0962. The molecule has 0 bridgehead atoms. The summed E-state index contributed by atoms with van der Waals surface area (Å²) >= 11 is 0. The highest BCUT2D eigenvalue weighted by molar-refractivity contribution is 5.75. The zero-order chi connectivity index (χ0) is 18.0. The van der Waals surface area contributed by atoms with Crippen molar-refractivity contribution in [3.63, 3.8) is 0 Å². The van der Waals surface area contributed by atoms with E-state index in [1.54, 1.807) is 0 Å². The summed E-state index contributed by atoms with van der Waals surface area (Å²) < 4.78 is 33.3. The van der Waals surface area contributed by atoms with Crippen LogP contribution in [0.1, 0.15) is 0 Å². The van der Waals surface area contributed by atoms with Gasteiger partial charge in [-0.15, -0.1) is 0 Å². The molecule has 0 spiro atoms. The van der Waals surface area contributed by atoms with Gasteiger partial charge in [0.25, 0.3) is 5.69 Å². The number of aromatic nitrogens is 2. The molecule has 0 saturated heterocycles. The van der Waals surface area contributed by atoms with Crippen LogP contribution in [0.3, 0.4) is 0 Å². The summed E-state index contributed by atoms with van der Waals surface area (Å²) in [6.07, 6.45) is 0.380. The molecule has 0 aliphatic carbocycles. The smallest absolute Gasteiger partial charge is 0.273 e. The maximum atomic E-state index is 13.4. The number of fused-ring (bicyclic) bond motifs is 1. The molecule has 3 rings (SSSR count). The second kappa shape index (κ2) is 6.81. The standard InChI is InChI=1S/C16H13F2N3O4/c17-13-5-15-16(6-14(13)18)20(9-19-15)7-11(22)8-25-12-3-1-2-10(4-12)21(23)24/h1-6,9,11,22H,7-8H2. The van der Waals surface area contributed by atoms with Gasteiger partial charge in [-0.3, -0.25) is 10.1 Å². The van der Waals surface area contributed by atoms with E-state index in [-0.39, 0.29) is 30.1 Å². The van der Waals surface area contributed by atoms with E-state index in [2.05, 4.69) is 4.98 Å². The van der Waals surface area contributed by atoms with E-state index in [1.165, 1.54) is 35.2 Å². The Bertz CT molecular complexity index is 929. The highest BCUT2D eigenvalue weighted by atomic mass is 19.2. The molecule has 7 nitrogen and oxygen atoms in total. The van der Waals surface area contributed by atoms with Crippen LogP contribution < -0.4 is 4.74 Å². The summed E-state index contributed by atoms with van der Waals surface area (Å²) in [4.78, 5) is 14.1. The van der Waals surface area contributed by atoms with E-state index >= 15 is 0 Å². The monoisotopic (exact) mass is 349 g/mol. The van der Waals surface area contributed by atoms with Crippen molar-refractivity contribution >= 4 is 16.7 Å². The SMILES string of the molecule is O=[N+]([O-])c1cccc(OCC(O)Cn2cnc3cc(F)c(F)cc32)c1. The van der Waals surface area contributed by atoms with E-state index in [0.29, 0.717) is 5.52 Å². The maximum Gasteiger partial charge on any atom is 0.273 e. The van der Waals surface area contributed by atoms with Crippen LogP contribution in [0.25, 0.3) is 11.0 Å². The third-order valence-electron chi connectivity index (χ3n) is 3.54. The van der Waals surface area contributed by atoms with Gasteiger partial charge in [0.2, 0.25) is 0 Å². The summed E-state index contributed by atoms with van der Waals surface area (Å²) in [7, 11) is 0. The van der Waals surface area contributed by atoms with Gasteiger partial charge in [-0.1, -0.05) is 6.07 Å². The Morgan fingerprint density at radius 2 is 2.04 bits per heavy atom. The van der Waals surface area contributed by atoms with Gasteiger partial charge in [0.05, 0.1) is 34.9 Å². The number of benzene rings is 2. The lowest BCUT2D eigenvalue weighted by Gasteiger charge is -2.13. The second-order valence-electron chi connectivity index (χ2n) is 5.37. The minimum Gasteiger partial charge on any atom is -0.491 e. The number of ether oxygens (including phenoxy) is 1. The molecule has 0 amide bonds. The minimum atomic E-state index is -1.00. The number of hydrogen-bond acceptors (Lipinski definition) is 5. The van der Waals surface area contributed by atoms with Gasteiger partial charge in [-0.2, -0.15) is 0 Å². The van der Waals surface area contributed by atoms with Gasteiger partial charge < -0.3 is 14.4 Å². The van der Waals surface area contributed by atoms with Gasteiger partial charge >= 0.3 is 0 Å². The Balaban J connectivity index is 1.67. The zero-order valence-corrected chi connectivity index (χ0v) is 12.8. The van der Waals surface area contributed by atoms with Crippen molar-refractivity contribution in [1.29, 1.82) is 0 Å². The van der Waals surface area contributed by atoms with Crippen LogP contribution >= 0.6 is 0 Å². The average Bonchev–Trinajstić information content (AvgIpc) is 2.95. The number of aliphatic hydroxyl groups is 1. The van der Waals surface area contributed by atoms with Gasteiger partial charge in [0, 0.05) is 18.2 Å². The number of non-ortho nitro benzene ring substituents is 1. The second-order valence-corrected chi connectivity index (χ2v) is 5.37. The quantitative estimate of drug-likeness (QED) is 0.546. The van der Waals surface area contributed by atoms with E-state index < -0.39 is 22.7 Å². The average molecular weight is 349 g/mol. The summed E-state index contributed by atoms with van der Waals surface area (Å²) in [5.74, 6) is -1.75. The van der Waals surface area contributed by atoms with Crippen LogP contribution in [0, 0.1) is 21.7 Å². The number of nitrogens with zero attached hydrogens (tertiary/aromatic N) is 3. The number of hydrogen-bond donors (Lipinski definition) is 1. The number of nitro benzene ring substituents is 1. The Kier molecular flexibility index (Phi) is 4.57. The minimum absolute atomic E-state index is 0.0382. The molecule has 9 heteroatoms. The van der Waals surface area contributed by atoms with E-state index in [1.807, 2.05) is 0 Å². The van der Waals surface area contributed by atoms with Gasteiger partial charge in [-0.25, -0.2) is 13.8 Å². The predicted molar refractivity (Wildman–Crippen MR) is 84.2 cm³/mol. The number of nitro groups is 1. The molecule has 0 aliphatic rings. The molecule has 1 N–H and O–H groups in total. The predicted octanol–water partition coefficient (Wildman–Crippen LogP) is 2.66. The molecule has 1 aromatic heterocycles. The molecule has 25 heavy (non-hydrogen) atoms. The fourth-order valence-electron chi connectivity index (χ4n) is 2.36. The van der Waals surface area contributed by atoms with Crippen molar-refractivity contribution in [1.82, 2.24) is 9.55 Å². The molecule has 0 radical (unpaired) electrons. The van der Waals surface area contributed by atoms with Crippen molar-refractivity contribution in [2.75, 3.05) is 6.61 Å². The van der Waals surface area contributed by atoms with Crippen molar-refractivity contribution < 1.29 is 23.5 Å². The molecular weight excluding hydrogens is 336 g/mol. The number of aliphatic hydroxyl groups excluding tert-OH is 1. The normalized spacial score (nSPS) is 12.3. The molecule has 1 heterocycles. The molecular formula is C16H13F2N3O4. The maximum absolute atomic E-state index is 13.4. The van der Waals surface area contributed by atoms with E-state index in [9.17, 15) is 24.0 Å². The van der Waals surface area contributed by atoms with E-state index in [4.69, 9.17) is 4.74 Å². The molecule has 1 unspecified atom stereocenters. The lowest BCUT2D eigenvalue weighted by atomic mass is 10.3. The van der Waals surface area contributed by atoms with Crippen LogP contribution in [0.5, 0.6) is 5.75 Å². The third-order valence-corrected chi connectivity index (χ3v) is 3.54. The van der Waals surface area contributed by atoms with Crippen LogP contribution in [0.15, 0.2) is 42.7 Å². The zero-order valence-electron chi connectivity index (χ0n) is 12.8. The van der Waals surface area contributed by atoms with Crippen molar-refractivity contribution in [3.8, 4) is 5.75 Å².